The Bertz CT molecular complexity index is 364. The first-order valence-corrected chi connectivity index (χ1v) is 5.84. The monoisotopic (exact) mass is 209 g/mol. The number of nitrogens with one attached hydrogen (secondary N) is 1. The molecule has 4 heteroatoms. The lowest BCUT2D eigenvalue weighted by Gasteiger charge is -2.08. The zero-order chi connectivity index (χ0) is 9.97. The molecule has 2 atom stereocenters. The standard InChI is InChI=1S/C10H11NO2S/c12-9-7-14(13)10(11-9)6-8-4-2-1-3-5-8/h1-5,10H,6-7H2,(H,11,12). The van der Waals surface area contributed by atoms with Crippen molar-refractivity contribution >= 4 is 16.7 Å². The van der Waals surface area contributed by atoms with Crippen LogP contribution in [0.1, 0.15) is 5.56 Å². The number of rotatable bonds is 2. The molecule has 0 aliphatic carbocycles. The lowest BCUT2D eigenvalue weighted by molar-refractivity contribution is -0.118. The summed E-state index contributed by atoms with van der Waals surface area (Å²) in [6, 6.07) is 9.76. The third-order valence-electron chi connectivity index (χ3n) is 2.18. The van der Waals surface area contributed by atoms with Gasteiger partial charge in [-0.3, -0.25) is 9.00 Å². The van der Waals surface area contributed by atoms with E-state index in [2.05, 4.69) is 5.32 Å². The van der Waals surface area contributed by atoms with E-state index in [9.17, 15) is 9.00 Å². The Morgan fingerprint density at radius 3 is 2.64 bits per heavy atom. The van der Waals surface area contributed by atoms with Gasteiger partial charge in [-0.25, -0.2) is 0 Å². The van der Waals surface area contributed by atoms with E-state index in [-0.39, 0.29) is 17.0 Å². The van der Waals surface area contributed by atoms with Gasteiger partial charge in [-0.05, 0) is 5.56 Å². The van der Waals surface area contributed by atoms with E-state index in [1.165, 1.54) is 0 Å². The van der Waals surface area contributed by atoms with Crippen molar-refractivity contribution in [2.24, 2.45) is 0 Å². The molecule has 0 bridgehead atoms. The second-order valence-corrected chi connectivity index (χ2v) is 4.89. The highest BCUT2D eigenvalue weighted by atomic mass is 32.2. The van der Waals surface area contributed by atoms with E-state index >= 15 is 0 Å². The van der Waals surface area contributed by atoms with Gasteiger partial charge in [0.2, 0.25) is 5.91 Å². The number of hydrogen-bond donors (Lipinski definition) is 1. The van der Waals surface area contributed by atoms with Crippen LogP contribution in [-0.4, -0.2) is 21.2 Å². The highest BCUT2D eigenvalue weighted by molar-refractivity contribution is 7.86. The summed E-state index contributed by atoms with van der Waals surface area (Å²) in [7, 11) is -1.05. The Balaban J connectivity index is 2.05. The minimum atomic E-state index is -1.05. The lowest BCUT2D eigenvalue weighted by atomic mass is 10.1. The Morgan fingerprint density at radius 1 is 1.36 bits per heavy atom. The molecule has 0 saturated carbocycles. The smallest absolute Gasteiger partial charge is 0.233 e. The van der Waals surface area contributed by atoms with Crippen LogP contribution in [0.5, 0.6) is 0 Å². The van der Waals surface area contributed by atoms with Crippen LogP contribution in [0.2, 0.25) is 0 Å². The summed E-state index contributed by atoms with van der Waals surface area (Å²) in [5, 5.41) is 2.51. The van der Waals surface area contributed by atoms with Crippen molar-refractivity contribution in [3.63, 3.8) is 0 Å². The second-order valence-electron chi connectivity index (χ2n) is 3.27. The van der Waals surface area contributed by atoms with Gasteiger partial charge in [0.15, 0.2) is 0 Å². The molecular formula is C10H11NO2S. The molecule has 2 unspecified atom stereocenters. The Morgan fingerprint density at radius 2 is 2.07 bits per heavy atom. The zero-order valence-electron chi connectivity index (χ0n) is 7.60. The zero-order valence-corrected chi connectivity index (χ0v) is 8.42. The molecule has 3 nitrogen and oxygen atoms in total. The van der Waals surface area contributed by atoms with Crippen molar-refractivity contribution < 1.29 is 9.00 Å². The van der Waals surface area contributed by atoms with Crippen molar-refractivity contribution in [3.05, 3.63) is 35.9 Å². The van der Waals surface area contributed by atoms with Gasteiger partial charge in [0.1, 0.15) is 11.1 Å². The Hall–Kier alpha value is -1.16. The van der Waals surface area contributed by atoms with E-state index in [1.807, 2.05) is 30.3 Å². The quantitative estimate of drug-likeness (QED) is 0.768. The summed E-state index contributed by atoms with van der Waals surface area (Å²) < 4.78 is 11.4. The van der Waals surface area contributed by atoms with Gasteiger partial charge < -0.3 is 5.32 Å². The normalized spacial score (nSPS) is 26.1. The van der Waals surface area contributed by atoms with Crippen molar-refractivity contribution in [2.45, 2.75) is 11.8 Å². The summed E-state index contributed by atoms with van der Waals surface area (Å²) in [6.07, 6.45) is 0.652. The van der Waals surface area contributed by atoms with Crippen LogP contribution >= 0.6 is 0 Å². The summed E-state index contributed by atoms with van der Waals surface area (Å²) in [4.78, 5) is 10.9. The third-order valence-corrected chi connectivity index (χ3v) is 3.64. The third kappa shape index (κ3) is 2.01. The molecule has 1 aromatic carbocycles. The maximum Gasteiger partial charge on any atom is 0.233 e. The largest absolute Gasteiger partial charge is 0.341 e. The maximum absolute atomic E-state index is 11.4. The molecule has 1 aromatic rings. The molecule has 1 heterocycles. The van der Waals surface area contributed by atoms with E-state index in [0.717, 1.165) is 5.56 Å². The SMILES string of the molecule is O=C1CS(=O)C(Cc2ccccc2)N1. The van der Waals surface area contributed by atoms with Crippen molar-refractivity contribution in [3.8, 4) is 0 Å². The average molecular weight is 209 g/mol. The van der Waals surface area contributed by atoms with Crippen molar-refractivity contribution in [1.29, 1.82) is 0 Å². The first-order chi connectivity index (χ1) is 6.75. The average Bonchev–Trinajstić information content (AvgIpc) is 2.47. The molecule has 1 aliphatic rings. The van der Waals surface area contributed by atoms with Gasteiger partial charge in [-0.1, -0.05) is 30.3 Å². The fraction of sp³-hybridized carbons (Fsp3) is 0.300. The van der Waals surface area contributed by atoms with Crippen LogP contribution in [0, 0.1) is 0 Å². The molecule has 1 N–H and O–H groups in total. The van der Waals surface area contributed by atoms with Gasteiger partial charge in [-0.15, -0.1) is 0 Å². The second kappa shape index (κ2) is 3.92. The highest BCUT2D eigenvalue weighted by Crippen LogP contribution is 2.10. The summed E-state index contributed by atoms with van der Waals surface area (Å²) >= 11 is 0. The number of carbonyl (C=O) groups is 1. The minimum absolute atomic E-state index is 0.107. The van der Waals surface area contributed by atoms with E-state index in [1.54, 1.807) is 0 Å². The summed E-state index contributed by atoms with van der Waals surface area (Å²) in [5.74, 6) is 0.0431. The van der Waals surface area contributed by atoms with Crippen LogP contribution < -0.4 is 5.32 Å². The number of amides is 1. The molecule has 14 heavy (non-hydrogen) atoms. The van der Waals surface area contributed by atoms with Gasteiger partial charge >= 0.3 is 0 Å². The Labute approximate surface area is 85.0 Å². The van der Waals surface area contributed by atoms with Crippen LogP contribution in [0.3, 0.4) is 0 Å². The van der Waals surface area contributed by atoms with Gasteiger partial charge in [0, 0.05) is 6.42 Å². The van der Waals surface area contributed by atoms with Gasteiger partial charge in [0.05, 0.1) is 10.8 Å². The molecule has 1 aliphatic heterocycles. The molecule has 1 saturated heterocycles. The first kappa shape index (κ1) is 9.40. The van der Waals surface area contributed by atoms with Gasteiger partial charge in [0.25, 0.3) is 0 Å². The van der Waals surface area contributed by atoms with Gasteiger partial charge in [-0.2, -0.15) is 0 Å². The predicted octanol–water partition coefficient (Wildman–Crippen LogP) is 0.434. The summed E-state index contributed by atoms with van der Waals surface area (Å²) in [5.41, 5.74) is 1.10. The minimum Gasteiger partial charge on any atom is -0.341 e. The van der Waals surface area contributed by atoms with Crippen molar-refractivity contribution in [2.75, 3.05) is 5.75 Å². The molecule has 1 amide bonds. The molecular weight excluding hydrogens is 198 g/mol. The summed E-state index contributed by atoms with van der Waals surface area (Å²) in [6.45, 7) is 0. The van der Waals surface area contributed by atoms with E-state index < -0.39 is 10.8 Å². The lowest BCUT2D eigenvalue weighted by Crippen LogP contribution is -2.29. The molecule has 2 rings (SSSR count). The first-order valence-electron chi connectivity index (χ1n) is 4.46. The van der Waals surface area contributed by atoms with Crippen LogP contribution in [0.25, 0.3) is 0 Å². The van der Waals surface area contributed by atoms with Crippen LogP contribution in [0.15, 0.2) is 30.3 Å². The molecule has 74 valence electrons. The highest BCUT2D eigenvalue weighted by Gasteiger charge is 2.28. The fourth-order valence-corrected chi connectivity index (χ4v) is 2.67. The number of benzene rings is 1. The van der Waals surface area contributed by atoms with Crippen LogP contribution in [-0.2, 0) is 22.0 Å². The molecule has 0 aromatic heterocycles. The molecule has 0 radical (unpaired) electrons. The van der Waals surface area contributed by atoms with Crippen LogP contribution in [0.4, 0.5) is 0 Å². The predicted molar refractivity (Wildman–Crippen MR) is 55.1 cm³/mol. The number of hydrogen-bond acceptors (Lipinski definition) is 2. The number of carbonyl (C=O) groups excluding carboxylic acids is 1. The molecule has 0 spiro atoms. The van der Waals surface area contributed by atoms with Crippen molar-refractivity contribution in [1.82, 2.24) is 5.32 Å². The van der Waals surface area contributed by atoms with E-state index in [4.69, 9.17) is 0 Å². The topological polar surface area (TPSA) is 46.2 Å². The maximum atomic E-state index is 11.4. The fourth-order valence-electron chi connectivity index (χ4n) is 1.49. The van der Waals surface area contributed by atoms with E-state index in [0.29, 0.717) is 6.42 Å². The molecule has 1 fully saturated rings. The Kier molecular flexibility index (Phi) is 2.63.